The van der Waals surface area contributed by atoms with Crippen molar-refractivity contribution in [2.75, 3.05) is 17.3 Å². The number of amides is 1. The van der Waals surface area contributed by atoms with Crippen molar-refractivity contribution < 1.29 is 13.2 Å². The van der Waals surface area contributed by atoms with E-state index in [0.29, 0.717) is 0 Å². The minimum absolute atomic E-state index is 0.0743. The molecular weight excluding hydrogens is 244 g/mol. The van der Waals surface area contributed by atoms with Crippen LogP contribution in [0.25, 0.3) is 0 Å². The summed E-state index contributed by atoms with van der Waals surface area (Å²) in [6.45, 7) is 0. The van der Waals surface area contributed by atoms with Crippen molar-refractivity contribution >= 4 is 21.6 Å². The van der Waals surface area contributed by atoms with Crippen LogP contribution in [0.15, 0.2) is 18.6 Å². The monoisotopic (exact) mass is 258 g/mol. The lowest BCUT2D eigenvalue weighted by Gasteiger charge is -2.10. The Labute approximate surface area is 99.4 Å². The van der Waals surface area contributed by atoms with Crippen molar-refractivity contribution in [1.29, 1.82) is 0 Å². The maximum atomic E-state index is 11.5. The normalized spacial score (nSPS) is 13.1. The zero-order chi connectivity index (χ0) is 12.9. The summed E-state index contributed by atoms with van der Waals surface area (Å²) < 4.78 is 21.8. The number of carbonyl (C=O) groups is 1. The van der Waals surface area contributed by atoms with Gasteiger partial charge in [0, 0.05) is 18.6 Å². The Bertz CT molecular complexity index is 474. The first-order valence-electron chi connectivity index (χ1n) is 4.88. The van der Waals surface area contributed by atoms with Crippen molar-refractivity contribution in [3.63, 3.8) is 0 Å². The summed E-state index contributed by atoms with van der Waals surface area (Å²) in [6.07, 6.45) is 5.45. The first kappa shape index (κ1) is 13.5. The van der Waals surface area contributed by atoms with Gasteiger partial charge in [0.15, 0.2) is 5.82 Å². The van der Waals surface area contributed by atoms with Crippen LogP contribution < -0.4 is 11.1 Å². The first-order valence-corrected chi connectivity index (χ1v) is 6.95. The lowest BCUT2D eigenvalue weighted by Crippen LogP contribution is -2.37. The highest BCUT2D eigenvalue weighted by Gasteiger charge is 2.16. The number of hydrogen-bond acceptors (Lipinski definition) is 6. The number of sulfone groups is 1. The highest BCUT2D eigenvalue weighted by Crippen LogP contribution is 2.00. The molecule has 1 rings (SSSR count). The van der Waals surface area contributed by atoms with E-state index in [1.807, 2.05) is 0 Å². The average Bonchev–Trinajstić information content (AvgIpc) is 2.26. The molecule has 0 aliphatic carbocycles. The molecule has 0 saturated carbocycles. The Balaban J connectivity index is 2.48. The van der Waals surface area contributed by atoms with E-state index in [1.165, 1.54) is 18.6 Å². The topological polar surface area (TPSA) is 115 Å². The van der Waals surface area contributed by atoms with Gasteiger partial charge in [-0.1, -0.05) is 0 Å². The molecule has 94 valence electrons. The second-order valence-electron chi connectivity index (χ2n) is 3.60. The lowest BCUT2D eigenvalue weighted by atomic mass is 10.2. The Kier molecular flexibility index (Phi) is 4.53. The number of aromatic nitrogens is 2. The third kappa shape index (κ3) is 5.36. The molecule has 0 aliphatic heterocycles. The molecule has 8 heteroatoms. The third-order valence-corrected chi connectivity index (χ3v) is 2.93. The number of nitrogens with two attached hydrogens (primary N) is 1. The van der Waals surface area contributed by atoms with Crippen LogP contribution >= 0.6 is 0 Å². The second-order valence-corrected chi connectivity index (χ2v) is 5.86. The molecule has 1 amide bonds. The molecule has 3 N–H and O–H groups in total. The van der Waals surface area contributed by atoms with Crippen molar-refractivity contribution in [3.05, 3.63) is 18.6 Å². The Morgan fingerprint density at radius 2 is 2.24 bits per heavy atom. The fraction of sp³-hybridized carbons (Fsp3) is 0.444. The van der Waals surface area contributed by atoms with Crippen LogP contribution in [0.1, 0.15) is 6.42 Å². The van der Waals surface area contributed by atoms with Crippen LogP contribution in [0, 0.1) is 0 Å². The van der Waals surface area contributed by atoms with Crippen LogP contribution in [0.4, 0.5) is 5.82 Å². The van der Waals surface area contributed by atoms with Gasteiger partial charge in [-0.05, 0) is 6.42 Å². The summed E-state index contributed by atoms with van der Waals surface area (Å²) in [6, 6.07) is -0.883. The van der Waals surface area contributed by atoms with E-state index in [4.69, 9.17) is 5.73 Å². The number of hydrogen-bond donors (Lipinski definition) is 2. The van der Waals surface area contributed by atoms with E-state index in [1.54, 1.807) is 0 Å². The van der Waals surface area contributed by atoms with Gasteiger partial charge in [0.25, 0.3) is 0 Å². The molecule has 0 fully saturated rings. The van der Waals surface area contributed by atoms with Crippen molar-refractivity contribution in [2.45, 2.75) is 12.5 Å². The van der Waals surface area contributed by atoms with Gasteiger partial charge in [-0.15, -0.1) is 0 Å². The van der Waals surface area contributed by atoms with Gasteiger partial charge in [0.05, 0.1) is 18.0 Å². The minimum atomic E-state index is -3.11. The molecular formula is C9H14N4O3S. The molecule has 0 saturated heterocycles. The minimum Gasteiger partial charge on any atom is -0.320 e. The molecule has 17 heavy (non-hydrogen) atoms. The van der Waals surface area contributed by atoms with Crippen molar-refractivity contribution in [1.82, 2.24) is 9.97 Å². The number of rotatable bonds is 5. The van der Waals surface area contributed by atoms with Gasteiger partial charge in [-0.25, -0.2) is 13.4 Å². The van der Waals surface area contributed by atoms with Crippen LogP contribution in [-0.2, 0) is 14.6 Å². The summed E-state index contributed by atoms with van der Waals surface area (Å²) >= 11 is 0. The van der Waals surface area contributed by atoms with E-state index in [0.717, 1.165) is 6.26 Å². The number of anilines is 1. The van der Waals surface area contributed by atoms with Gasteiger partial charge >= 0.3 is 0 Å². The fourth-order valence-corrected chi connectivity index (χ4v) is 1.74. The maximum absolute atomic E-state index is 11.5. The van der Waals surface area contributed by atoms with Crippen LogP contribution in [0.2, 0.25) is 0 Å². The molecule has 1 aromatic heterocycles. The van der Waals surface area contributed by atoms with E-state index in [-0.39, 0.29) is 18.0 Å². The third-order valence-electron chi connectivity index (χ3n) is 1.95. The predicted molar refractivity (Wildman–Crippen MR) is 63.0 cm³/mol. The van der Waals surface area contributed by atoms with Crippen LogP contribution in [-0.4, -0.2) is 42.3 Å². The Hall–Kier alpha value is -1.54. The highest BCUT2D eigenvalue weighted by molar-refractivity contribution is 7.90. The lowest BCUT2D eigenvalue weighted by molar-refractivity contribution is -0.117. The molecule has 0 radical (unpaired) electrons. The van der Waals surface area contributed by atoms with Gasteiger partial charge in [-0.2, -0.15) is 0 Å². The summed E-state index contributed by atoms with van der Waals surface area (Å²) in [5.41, 5.74) is 5.55. The van der Waals surface area contributed by atoms with Crippen molar-refractivity contribution in [3.8, 4) is 0 Å². The summed E-state index contributed by atoms with van der Waals surface area (Å²) in [7, 11) is -3.11. The van der Waals surface area contributed by atoms with Crippen LogP contribution in [0.5, 0.6) is 0 Å². The quantitative estimate of drug-likeness (QED) is 0.712. The first-order chi connectivity index (χ1) is 7.88. The number of nitrogens with one attached hydrogen (secondary N) is 1. The number of carbonyl (C=O) groups excluding carboxylic acids is 1. The Morgan fingerprint density at radius 1 is 1.53 bits per heavy atom. The molecule has 1 aromatic rings. The average molecular weight is 258 g/mol. The molecule has 7 nitrogen and oxygen atoms in total. The molecule has 0 aromatic carbocycles. The Morgan fingerprint density at radius 3 is 2.76 bits per heavy atom. The van der Waals surface area contributed by atoms with Crippen molar-refractivity contribution in [2.24, 2.45) is 5.73 Å². The highest BCUT2D eigenvalue weighted by atomic mass is 32.2. The molecule has 0 bridgehead atoms. The van der Waals surface area contributed by atoms with Gasteiger partial charge < -0.3 is 11.1 Å². The van der Waals surface area contributed by atoms with Crippen LogP contribution in [0.3, 0.4) is 0 Å². The largest absolute Gasteiger partial charge is 0.320 e. The van der Waals surface area contributed by atoms with Gasteiger partial charge in [0.1, 0.15) is 9.84 Å². The second kappa shape index (κ2) is 5.69. The maximum Gasteiger partial charge on any atom is 0.242 e. The predicted octanol–water partition coefficient (Wildman–Crippen LogP) is -0.823. The zero-order valence-corrected chi connectivity index (χ0v) is 10.1. The van der Waals surface area contributed by atoms with E-state index < -0.39 is 21.8 Å². The fourth-order valence-electron chi connectivity index (χ4n) is 1.05. The molecule has 0 spiro atoms. The van der Waals surface area contributed by atoms with E-state index in [9.17, 15) is 13.2 Å². The van der Waals surface area contributed by atoms with E-state index in [2.05, 4.69) is 15.3 Å². The SMILES string of the molecule is CS(=O)(=O)CC[C@H](N)C(=O)Nc1cnccn1. The molecule has 1 atom stereocenters. The summed E-state index contributed by atoms with van der Waals surface area (Å²) in [5, 5.41) is 2.45. The smallest absolute Gasteiger partial charge is 0.242 e. The van der Waals surface area contributed by atoms with Gasteiger partial charge in [-0.3, -0.25) is 9.78 Å². The summed E-state index contributed by atoms with van der Waals surface area (Å²) in [5.74, 6) is -0.316. The molecule has 1 heterocycles. The summed E-state index contributed by atoms with van der Waals surface area (Å²) in [4.78, 5) is 19.1. The zero-order valence-electron chi connectivity index (χ0n) is 9.33. The number of nitrogens with zero attached hydrogens (tertiary/aromatic N) is 2. The molecule has 0 aliphatic rings. The van der Waals surface area contributed by atoms with Gasteiger partial charge in [0.2, 0.25) is 5.91 Å². The van der Waals surface area contributed by atoms with E-state index >= 15 is 0 Å². The molecule has 0 unspecified atom stereocenters. The standard InChI is InChI=1S/C9H14N4O3S/c1-17(15,16)5-2-7(10)9(14)13-8-6-11-3-4-12-8/h3-4,6-7H,2,5,10H2,1H3,(H,12,13,14)/t7-/m0/s1.